The minimum atomic E-state index is -1.43. The van der Waals surface area contributed by atoms with E-state index in [1.807, 2.05) is 13.8 Å². The number of carbonyl (C=O) groups excluding carboxylic acids is 6. The molecule has 1 saturated carbocycles. The molecule has 0 N–H and O–H groups in total. The molecule has 0 amide bonds. The van der Waals surface area contributed by atoms with E-state index in [4.69, 9.17) is 33.2 Å². The van der Waals surface area contributed by atoms with Gasteiger partial charge >= 0.3 is 35.8 Å². The molecule has 1 aliphatic rings. The summed E-state index contributed by atoms with van der Waals surface area (Å²) in [4.78, 5) is 74.5. The second kappa shape index (κ2) is 25.5. The van der Waals surface area contributed by atoms with Crippen LogP contribution < -0.4 is 0 Å². The second-order valence-corrected chi connectivity index (χ2v) is 14.4. The molecular formula is C40H66O13. The predicted molar refractivity (Wildman–Crippen MR) is 196 cm³/mol. The molecule has 0 aromatic rings. The molecule has 0 bridgehead atoms. The zero-order valence-corrected chi connectivity index (χ0v) is 33.7. The van der Waals surface area contributed by atoms with E-state index in [9.17, 15) is 28.8 Å². The van der Waals surface area contributed by atoms with Crippen LogP contribution in [0.15, 0.2) is 12.2 Å². The van der Waals surface area contributed by atoms with Gasteiger partial charge in [0.05, 0.1) is 6.10 Å². The van der Waals surface area contributed by atoms with E-state index in [1.54, 1.807) is 0 Å². The normalized spacial score (nSPS) is 21.3. The van der Waals surface area contributed by atoms with Crippen LogP contribution in [0.2, 0.25) is 0 Å². The van der Waals surface area contributed by atoms with Gasteiger partial charge in [-0.15, -0.1) is 0 Å². The van der Waals surface area contributed by atoms with Crippen molar-refractivity contribution >= 4 is 35.8 Å². The molecule has 0 aromatic carbocycles. The van der Waals surface area contributed by atoms with Gasteiger partial charge < -0.3 is 33.2 Å². The number of hydrogen-bond acceptors (Lipinski definition) is 13. The lowest BCUT2D eigenvalue weighted by molar-refractivity contribution is -0.186. The topological polar surface area (TPSA) is 167 Å². The van der Waals surface area contributed by atoms with Gasteiger partial charge in [0.15, 0.2) is 30.5 Å². The molecule has 13 nitrogen and oxygen atoms in total. The van der Waals surface area contributed by atoms with Crippen molar-refractivity contribution in [2.45, 2.75) is 182 Å². The number of hydrogen-bond donors (Lipinski definition) is 0. The Balaban J connectivity index is 2.76. The summed E-state index contributed by atoms with van der Waals surface area (Å²) < 4.78 is 36.4. The number of rotatable bonds is 25. The third-order valence-electron chi connectivity index (χ3n) is 9.40. The van der Waals surface area contributed by atoms with Crippen molar-refractivity contribution in [2.24, 2.45) is 17.8 Å². The molecular weight excluding hydrogens is 688 g/mol. The molecule has 0 radical (unpaired) electrons. The van der Waals surface area contributed by atoms with Gasteiger partial charge in [-0.1, -0.05) is 64.5 Å². The predicted octanol–water partition coefficient (Wildman–Crippen LogP) is 6.75. The van der Waals surface area contributed by atoms with E-state index in [0.29, 0.717) is 31.1 Å². The number of methoxy groups -OCH3 is 1. The number of ether oxygens (including phenoxy) is 7. The Morgan fingerprint density at radius 1 is 0.604 bits per heavy atom. The van der Waals surface area contributed by atoms with Crippen molar-refractivity contribution in [3.8, 4) is 0 Å². The van der Waals surface area contributed by atoms with E-state index in [2.05, 4.69) is 26.0 Å². The SMILES string of the molecule is CCCCCCCC[C@@H]1[C@@H](C/C=C\CCCC(=O)OC(C)C)[C@@H](OC(=O)C(C)OC(=O)C(C)OC(=O)C(C)OC(=O)C(C)OC(=O)C(C)OC)C[C@H]1C. The maximum atomic E-state index is 13.2. The van der Waals surface area contributed by atoms with Crippen LogP contribution in [-0.4, -0.2) is 85.7 Å². The number of carbonyl (C=O) groups is 6. The Morgan fingerprint density at radius 2 is 1.09 bits per heavy atom. The number of esters is 6. The molecule has 0 saturated heterocycles. The quantitative estimate of drug-likeness (QED) is 0.0416. The Labute approximate surface area is 316 Å². The van der Waals surface area contributed by atoms with Crippen LogP contribution >= 0.6 is 0 Å². The van der Waals surface area contributed by atoms with Gasteiger partial charge in [0.25, 0.3) is 0 Å². The Bertz CT molecular complexity index is 1180. The maximum Gasteiger partial charge on any atom is 0.347 e. The lowest BCUT2D eigenvalue weighted by Crippen LogP contribution is -2.38. The average molecular weight is 755 g/mol. The molecule has 0 spiro atoms. The molecule has 1 aliphatic carbocycles. The van der Waals surface area contributed by atoms with Crippen molar-refractivity contribution in [1.82, 2.24) is 0 Å². The second-order valence-electron chi connectivity index (χ2n) is 14.4. The Kier molecular flexibility index (Phi) is 22.9. The summed E-state index contributed by atoms with van der Waals surface area (Å²) in [5, 5.41) is 0. The molecule has 1 rings (SSSR count). The molecule has 0 heterocycles. The van der Waals surface area contributed by atoms with Crippen LogP contribution in [0.4, 0.5) is 0 Å². The third-order valence-corrected chi connectivity index (χ3v) is 9.40. The van der Waals surface area contributed by atoms with Crippen molar-refractivity contribution in [3.63, 3.8) is 0 Å². The average Bonchev–Trinajstić information content (AvgIpc) is 3.38. The van der Waals surface area contributed by atoms with E-state index >= 15 is 0 Å². The van der Waals surface area contributed by atoms with Crippen molar-refractivity contribution < 1.29 is 61.9 Å². The summed E-state index contributed by atoms with van der Waals surface area (Å²) in [5.41, 5.74) is 0. The summed E-state index contributed by atoms with van der Waals surface area (Å²) in [5.74, 6) is -3.90. The highest BCUT2D eigenvalue weighted by atomic mass is 16.6. The van der Waals surface area contributed by atoms with Crippen LogP contribution in [0.5, 0.6) is 0 Å². The van der Waals surface area contributed by atoms with Gasteiger partial charge in [0, 0.05) is 19.4 Å². The third kappa shape index (κ3) is 18.4. The minimum absolute atomic E-state index is 0.0911. The first-order valence-corrected chi connectivity index (χ1v) is 19.4. The molecule has 53 heavy (non-hydrogen) atoms. The Hall–Kier alpha value is -3.48. The molecule has 1 fully saturated rings. The lowest BCUT2D eigenvalue weighted by Gasteiger charge is -2.26. The molecule has 0 aromatic heterocycles. The van der Waals surface area contributed by atoms with Gasteiger partial charge in [0.1, 0.15) is 6.10 Å². The van der Waals surface area contributed by atoms with E-state index in [0.717, 1.165) is 25.7 Å². The number of unbranched alkanes of at least 4 members (excludes halogenated alkanes) is 6. The smallest absolute Gasteiger partial charge is 0.347 e. The largest absolute Gasteiger partial charge is 0.463 e. The van der Waals surface area contributed by atoms with Crippen molar-refractivity contribution in [1.29, 1.82) is 0 Å². The lowest BCUT2D eigenvalue weighted by atomic mass is 9.83. The highest BCUT2D eigenvalue weighted by Crippen LogP contribution is 2.44. The van der Waals surface area contributed by atoms with Gasteiger partial charge in [-0.25, -0.2) is 24.0 Å². The summed E-state index contributed by atoms with van der Waals surface area (Å²) in [6, 6.07) is 0. The Morgan fingerprint density at radius 3 is 1.60 bits per heavy atom. The zero-order valence-electron chi connectivity index (χ0n) is 33.7. The molecule has 5 unspecified atom stereocenters. The van der Waals surface area contributed by atoms with Crippen LogP contribution in [0.25, 0.3) is 0 Å². The first-order chi connectivity index (χ1) is 25.0. The van der Waals surface area contributed by atoms with Gasteiger partial charge in [-0.2, -0.15) is 0 Å². The van der Waals surface area contributed by atoms with Crippen molar-refractivity contribution in [3.05, 3.63) is 12.2 Å². The van der Waals surface area contributed by atoms with Crippen LogP contribution in [0, 0.1) is 17.8 Å². The summed E-state index contributed by atoms with van der Waals surface area (Å²) in [6.07, 6.45) is 8.76. The standard InChI is InChI=1S/C40H66O13/c1-11-12-13-14-15-18-21-32-26(4)24-34(33(32)22-19-16-17-20-23-35(41)48-25(2)3)53-40(46)31(9)52-39(45)30(8)51-38(44)29(7)50-37(43)28(6)49-36(42)27(5)47-10/h16,19,25-34H,11-15,17-18,20-24H2,1-10H3/b19-16-/t26-,27?,28?,29?,30?,31?,32+,33-,34+/m1/s1. The fraction of sp³-hybridized carbons (Fsp3) is 0.800. The highest BCUT2D eigenvalue weighted by molar-refractivity contribution is 5.86. The van der Waals surface area contributed by atoms with E-state index in [-0.39, 0.29) is 24.1 Å². The first-order valence-electron chi connectivity index (χ1n) is 19.4. The van der Waals surface area contributed by atoms with Crippen LogP contribution in [0.1, 0.15) is 139 Å². The van der Waals surface area contributed by atoms with Crippen LogP contribution in [0.3, 0.4) is 0 Å². The molecule has 304 valence electrons. The number of allylic oxidation sites excluding steroid dienone is 2. The van der Waals surface area contributed by atoms with Crippen LogP contribution in [-0.2, 0) is 61.9 Å². The van der Waals surface area contributed by atoms with Gasteiger partial charge in [0.2, 0.25) is 0 Å². The summed E-state index contributed by atoms with van der Waals surface area (Å²) >= 11 is 0. The maximum absolute atomic E-state index is 13.2. The fourth-order valence-electron chi connectivity index (χ4n) is 6.21. The van der Waals surface area contributed by atoms with Crippen molar-refractivity contribution in [2.75, 3.05) is 7.11 Å². The van der Waals surface area contributed by atoms with Gasteiger partial charge in [-0.05, 0) is 92.4 Å². The molecule has 9 atom stereocenters. The van der Waals surface area contributed by atoms with E-state index < -0.39 is 60.4 Å². The summed E-state index contributed by atoms with van der Waals surface area (Å²) in [6.45, 7) is 14.7. The fourth-order valence-corrected chi connectivity index (χ4v) is 6.21. The zero-order chi connectivity index (χ0) is 40.1. The highest BCUT2D eigenvalue weighted by Gasteiger charge is 2.43. The minimum Gasteiger partial charge on any atom is -0.463 e. The monoisotopic (exact) mass is 754 g/mol. The molecule has 0 aliphatic heterocycles. The van der Waals surface area contributed by atoms with E-state index in [1.165, 1.54) is 73.8 Å². The first kappa shape index (κ1) is 47.5. The van der Waals surface area contributed by atoms with Gasteiger partial charge in [-0.3, -0.25) is 4.79 Å². The summed E-state index contributed by atoms with van der Waals surface area (Å²) in [7, 11) is 1.31. The molecule has 13 heteroatoms.